The van der Waals surface area contributed by atoms with E-state index in [1.807, 2.05) is 12.1 Å². The Morgan fingerprint density at radius 1 is 1.14 bits per heavy atom. The smallest absolute Gasteiger partial charge is 0.338 e. The largest absolute Gasteiger partial charge is 0.493 e. The minimum absolute atomic E-state index is 0.238. The summed E-state index contributed by atoms with van der Waals surface area (Å²) < 4.78 is 23.5. The van der Waals surface area contributed by atoms with Crippen molar-refractivity contribution in [3.8, 4) is 17.6 Å². The lowest BCUT2D eigenvalue weighted by Gasteiger charge is -2.29. The first-order chi connectivity index (χ1) is 13.6. The van der Waals surface area contributed by atoms with Gasteiger partial charge in [0.2, 0.25) is 5.88 Å². The van der Waals surface area contributed by atoms with Gasteiger partial charge in [0.25, 0.3) is 0 Å². The van der Waals surface area contributed by atoms with Crippen LogP contribution in [0.4, 0.5) is 0 Å². The van der Waals surface area contributed by atoms with Crippen molar-refractivity contribution in [1.29, 1.82) is 5.26 Å². The van der Waals surface area contributed by atoms with E-state index in [2.05, 4.69) is 6.07 Å². The van der Waals surface area contributed by atoms with Crippen molar-refractivity contribution in [2.75, 3.05) is 21.3 Å². The molecule has 28 heavy (non-hydrogen) atoms. The number of benzene rings is 1. The maximum Gasteiger partial charge on any atom is 0.338 e. The third-order valence-corrected chi connectivity index (χ3v) is 4.55. The van der Waals surface area contributed by atoms with Gasteiger partial charge in [-0.25, -0.2) is 4.79 Å². The minimum atomic E-state index is -0.742. The fraction of sp³-hybridized carbons (Fsp3) is 0.238. The Labute approximate surface area is 163 Å². The molecule has 0 fully saturated rings. The van der Waals surface area contributed by atoms with Crippen LogP contribution in [-0.4, -0.2) is 31.9 Å². The highest BCUT2D eigenvalue weighted by atomic mass is 16.5. The van der Waals surface area contributed by atoms with E-state index in [0.29, 0.717) is 28.7 Å². The van der Waals surface area contributed by atoms with Gasteiger partial charge in [-0.3, -0.25) is 4.57 Å². The molecule has 1 atom stereocenters. The SMILES string of the molecule is COC(=O)C1=C(C)OC(n2cccc2)=C(C#N)[C@@H]1c1cccc(OC)c1OC. The fourth-order valence-corrected chi connectivity index (χ4v) is 3.32. The summed E-state index contributed by atoms with van der Waals surface area (Å²) in [5, 5.41) is 9.99. The molecule has 2 heterocycles. The van der Waals surface area contributed by atoms with Gasteiger partial charge in [0.15, 0.2) is 11.5 Å². The summed E-state index contributed by atoms with van der Waals surface area (Å²) in [6, 6.07) is 11.2. The van der Waals surface area contributed by atoms with E-state index in [4.69, 9.17) is 18.9 Å². The highest BCUT2D eigenvalue weighted by Gasteiger charge is 2.39. The second kappa shape index (κ2) is 7.92. The van der Waals surface area contributed by atoms with E-state index >= 15 is 0 Å². The lowest BCUT2D eigenvalue weighted by Crippen LogP contribution is -2.24. The number of carbonyl (C=O) groups excluding carboxylic acids is 1. The standard InChI is InChI=1S/C21H20N2O5/c1-13-17(21(24)27-4)18(14-8-7-9-16(25-2)19(14)26-3)15(12-22)20(28-13)23-10-5-6-11-23/h5-11,18H,1-4H3/t18-/m0/s1. The summed E-state index contributed by atoms with van der Waals surface area (Å²) in [5.74, 6) is 0.288. The molecule has 144 valence electrons. The highest BCUT2D eigenvalue weighted by Crippen LogP contribution is 2.47. The lowest BCUT2D eigenvalue weighted by molar-refractivity contribution is -0.136. The number of aromatic nitrogens is 1. The molecule has 7 heteroatoms. The number of nitriles is 1. The number of para-hydroxylation sites is 1. The van der Waals surface area contributed by atoms with Crippen LogP contribution < -0.4 is 9.47 Å². The molecule has 3 rings (SSSR count). The first-order valence-corrected chi connectivity index (χ1v) is 8.52. The Balaban J connectivity index is 2.33. The summed E-state index contributed by atoms with van der Waals surface area (Å²) in [6.07, 6.45) is 3.53. The van der Waals surface area contributed by atoms with Crippen molar-refractivity contribution in [2.24, 2.45) is 0 Å². The summed E-state index contributed by atoms with van der Waals surface area (Å²) in [7, 11) is 4.33. The van der Waals surface area contributed by atoms with Gasteiger partial charge < -0.3 is 18.9 Å². The van der Waals surface area contributed by atoms with E-state index in [-0.39, 0.29) is 11.1 Å². The summed E-state index contributed by atoms with van der Waals surface area (Å²) >= 11 is 0. The third kappa shape index (κ3) is 3.09. The van der Waals surface area contributed by atoms with Crippen molar-refractivity contribution in [3.63, 3.8) is 0 Å². The molecule has 0 unspecified atom stereocenters. The van der Waals surface area contributed by atoms with E-state index in [1.165, 1.54) is 21.3 Å². The monoisotopic (exact) mass is 380 g/mol. The van der Waals surface area contributed by atoms with Gasteiger partial charge in [0.1, 0.15) is 17.4 Å². The quantitative estimate of drug-likeness (QED) is 0.739. The van der Waals surface area contributed by atoms with Crippen molar-refractivity contribution < 1.29 is 23.7 Å². The van der Waals surface area contributed by atoms with E-state index in [0.717, 1.165) is 0 Å². The molecular weight excluding hydrogens is 360 g/mol. The molecule has 2 aromatic rings. The topological polar surface area (TPSA) is 82.7 Å². The molecule has 0 saturated heterocycles. The molecule has 0 saturated carbocycles. The van der Waals surface area contributed by atoms with Crippen molar-refractivity contribution in [3.05, 3.63) is 65.2 Å². The van der Waals surface area contributed by atoms with Crippen LogP contribution >= 0.6 is 0 Å². The summed E-state index contributed by atoms with van der Waals surface area (Å²) in [6.45, 7) is 1.67. The van der Waals surface area contributed by atoms with Crippen LogP contribution in [0.25, 0.3) is 5.88 Å². The van der Waals surface area contributed by atoms with Crippen LogP contribution in [0, 0.1) is 11.3 Å². The van der Waals surface area contributed by atoms with Gasteiger partial charge in [-0.05, 0) is 25.1 Å². The van der Waals surface area contributed by atoms with Crippen LogP contribution in [-0.2, 0) is 14.3 Å². The van der Waals surface area contributed by atoms with Gasteiger partial charge in [0.05, 0.1) is 32.8 Å². The first kappa shape index (κ1) is 19.1. The van der Waals surface area contributed by atoms with Crippen LogP contribution in [0.2, 0.25) is 0 Å². The third-order valence-electron chi connectivity index (χ3n) is 4.55. The zero-order valence-electron chi connectivity index (χ0n) is 16.1. The number of nitrogens with zero attached hydrogens (tertiary/aromatic N) is 2. The molecule has 0 bridgehead atoms. The molecule has 0 N–H and O–H groups in total. The molecule has 7 nitrogen and oxygen atoms in total. The van der Waals surface area contributed by atoms with Gasteiger partial charge in [-0.2, -0.15) is 5.26 Å². The van der Waals surface area contributed by atoms with Crippen LogP contribution in [0.5, 0.6) is 11.5 Å². The minimum Gasteiger partial charge on any atom is -0.493 e. The zero-order chi connectivity index (χ0) is 20.3. The molecular formula is C21H20N2O5. The van der Waals surface area contributed by atoms with Crippen molar-refractivity contribution >= 4 is 11.9 Å². The molecule has 1 aromatic carbocycles. The predicted octanol–water partition coefficient (Wildman–Crippen LogP) is 3.46. The number of allylic oxidation sites excluding steroid dienone is 2. The number of esters is 1. The summed E-state index contributed by atoms with van der Waals surface area (Å²) in [5.41, 5.74) is 1.10. The Hall–Kier alpha value is -3.66. The van der Waals surface area contributed by atoms with Crippen molar-refractivity contribution in [1.82, 2.24) is 4.57 Å². The number of ether oxygens (including phenoxy) is 4. The predicted molar refractivity (Wildman–Crippen MR) is 101 cm³/mol. The second-order valence-electron chi connectivity index (χ2n) is 6.00. The number of methoxy groups -OCH3 is 3. The molecule has 0 spiro atoms. The molecule has 1 aliphatic rings. The number of hydrogen-bond acceptors (Lipinski definition) is 6. The molecule has 1 aliphatic heterocycles. The fourth-order valence-electron chi connectivity index (χ4n) is 3.32. The van der Waals surface area contributed by atoms with Gasteiger partial charge in [0, 0.05) is 18.0 Å². The van der Waals surface area contributed by atoms with E-state index in [9.17, 15) is 10.1 Å². The van der Waals surface area contributed by atoms with Crippen LogP contribution in [0.1, 0.15) is 18.4 Å². The Morgan fingerprint density at radius 3 is 2.43 bits per heavy atom. The molecule has 1 aromatic heterocycles. The Kier molecular flexibility index (Phi) is 5.41. The van der Waals surface area contributed by atoms with Crippen LogP contribution in [0.3, 0.4) is 0 Å². The average molecular weight is 380 g/mol. The summed E-state index contributed by atoms with van der Waals surface area (Å²) in [4.78, 5) is 12.6. The average Bonchev–Trinajstić information content (AvgIpc) is 3.26. The number of carbonyl (C=O) groups is 1. The molecule has 0 aliphatic carbocycles. The van der Waals surface area contributed by atoms with Crippen molar-refractivity contribution in [2.45, 2.75) is 12.8 Å². The lowest BCUT2D eigenvalue weighted by atomic mass is 9.82. The molecule has 0 radical (unpaired) electrons. The molecule has 0 amide bonds. The van der Waals surface area contributed by atoms with E-state index in [1.54, 1.807) is 42.1 Å². The number of hydrogen-bond donors (Lipinski definition) is 0. The van der Waals surface area contributed by atoms with Gasteiger partial charge >= 0.3 is 5.97 Å². The second-order valence-corrected chi connectivity index (χ2v) is 6.00. The van der Waals surface area contributed by atoms with Gasteiger partial charge in [-0.15, -0.1) is 0 Å². The maximum atomic E-state index is 12.6. The van der Waals surface area contributed by atoms with Crippen LogP contribution in [0.15, 0.2) is 59.6 Å². The van der Waals surface area contributed by atoms with E-state index < -0.39 is 11.9 Å². The maximum absolute atomic E-state index is 12.6. The Morgan fingerprint density at radius 2 is 1.86 bits per heavy atom. The highest BCUT2D eigenvalue weighted by molar-refractivity contribution is 5.93. The normalized spacial score (nSPS) is 16.3. The first-order valence-electron chi connectivity index (χ1n) is 8.52. The van der Waals surface area contributed by atoms with Gasteiger partial charge in [-0.1, -0.05) is 12.1 Å². The Bertz CT molecular complexity index is 996. The zero-order valence-corrected chi connectivity index (χ0v) is 16.1. The number of rotatable bonds is 5.